The topological polar surface area (TPSA) is 20.2 Å². The molecule has 0 aliphatic heterocycles. The smallest absolute Gasteiger partial charge is 0.0543 e. The van der Waals surface area contributed by atoms with E-state index < -0.39 is 0 Å². The van der Waals surface area contributed by atoms with Gasteiger partial charge in [0.25, 0.3) is 0 Å². The van der Waals surface area contributed by atoms with Crippen LogP contribution in [0.5, 0.6) is 0 Å². The molecule has 0 amide bonds. The Balaban J connectivity index is 0.000000570. The van der Waals surface area contributed by atoms with Crippen LogP contribution < -0.4 is 0 Å². The Kier molecular flexibility index (Phi) is 8.51. The van der Waals surface area contributed by atoms with E-state index in [1.165, 1.54) is 51.4 Å². The number of rotatable bonds is 2. The van der Waals surface area contributed by atoms with Crippen molar-refractivity contribution < 1.29 is 5.11 Å². The standard InChI is InChI=1S/C21H36O.2C2H6/c1-3-4-14-5-7-18-17(14)9-10-20-19(18)8-6-15-13-16(22)11-12-21(15,20)2;2*1-2/h14-20,22H,3-13H2,1-2H3;2*1-2H3. The molecule has 4 aliphatic carbocycles. The highest BCUT2D eigenvalue weighted by molar-refractivity contribution is 5.05. The predicted octanol–water partition coefficient (Wildman–Crippen LogP) is 7.47. The Hall–Kier alpha value is -0.0400. The highest BCUT2D eigenvalue weighted by Gasteiger charge is 2.56. The molecule has 4 rings (SSSR count). The lowest BCUT2D eigenvalue weighted by Crippen LogP contribution is -2.51. The summed E-state index contributed by atoms with van der Waals surface area (Å²) in [5, 5.41) is 10.1. The van der Waals surface area contributed by atoms with Gasteiger partial charge in [0, 0.05) is 0 Å². The average molecular weight is 365 g/mol. The fraction of sp³-hybridized carbons (Fsp3) is 1.00. The molecule has 4 saturated carbocycles. The van der Waals surface area contributed by atoms with E-state index in [0.29, 0.717) is 5.41 Å². The van der Waals surface area contributed by atoms with Crippen molar-refractivity contribution in [3.8, 4) is 0 Å². The van der Waals surface area contributed by atoms with Crippen molar-refractivity contribution in [2.75, 3.05) is 0 Å². The molecule has 8 atom stereocenters. The quantitative estimate of drug-likeness (QED) is 0.539. The van der Waals surface area contributed by atoms with Gasteiger partial charge < -0.3 is 5.11 Å². The lowest BCUT2D eigenvalue weighted by atomic mass is 9.47. The maximum Gasteiger partial charge on any atom is 0.0543 e. The molecule has 0 aromatic heterocycles. The van der Waals surface area contributed by atoms with Crippen molar-refractivity contribution in [1.82, 2.24) is 0 Å². The first-order valence-electron chi connectivity index (χ1n) is 12.3. The average Bonchev–Trinajstić information content (AvgIpc) is 3.09. The highest BCUT2D eigenvalue weighted by atomic mass is 16.3. The number of hydrogen-bond acceptors (Lipinski definition) is 1. The summed E-state index contributed by atoms with van der Waals surface area (Å²) in [5.74, 6) is 6.06. The Morgan fingerprint density at radius 3 is 2.15 bits per heavy atom. The number of hydrogen-bond donors (Lipinski definition) is 1. The van der Waals surface area contributed by atoms with Crippen LogP contribution in [0.3, 0.4) is 0 Å². The van der Waals surface area contributed by atoms with Gasteiger partial charge in [0.05, 0.1) is 6.10 Å². The molecule has 0 radical (unpaired) electrons. The SMILES string of the molecule is CC.CC.CCCC1CCC2C1CCC1C2CCC2CC(O)CCC21C. The van der Waals surface area contributed by atoms with Gasteiger partial charge in [0.1, 0.15) is 0 Å². The minimum atomic E-state index is 0.00591. The van der Waals surface area contributed by atoms with E-state index in [1.807, 2.05) is 27.7 Å². The van der Waals surface area contributed by atoms with Crippen LogP contribution in [-0.4, -0.2) is 11.2 Å². The molecule has 1 N–H and O–H groups in total. The first kappa shape index (κ1) is 22.3. The number of fused-ring (bicyclic) bond motifs is 5. The van der Waals surface area contributed by atoms with Gasteiger partial charge >= 0.3 is 0 Å². The molecule has 1 nitrogen and oxygen atoms in total. The molecule has 0 spiro atoms. The van der Waals surface area contributed by atoms with E-state index in [1.54, 1.807) is 6.42 Å². The third kappa shape index (κ3) is 4.03. The van der Waals surface area contributed by atoms with Crippen LogP contribution in [-0.2, 0) is 0 Å². The summed E-state index contributed by atoms with van der Waals surface area (Å²) < 4.78 is 0. The van der Waals surface area contributed by atoms with E-state index in [0.717, 1.165) is 48.3 Å². The van der Waals surface area contributed by atoms with Crippen molar-refractivity contribution in [3.05, 3.63) is 0 Å². The second-order valence-corrected chi connectivity index (χ2v) is 9.51. The summed E-state index contributed by atoms with van der Waals surface area (Å²) >= 11 is 0. The Labute approximate surface area is 164 Å². The highest BCUT2D eigenvalue weighted by Crippen LogP contribution is 2.64. The molecular formula is C25H48O. The molecule has 0 aromatic rings. The second kappa shape index (κ2) is 9.94. The minimum Gasteiger partial charge on any atom is -0.393 e. The van der Waals surface area contributed by atoms with Gasteiger partial charge in [-0.15, -0.1) is 0 Å². The first-order valence-corrected chi connectivity index (χ1v) is 12.3. The summed E-state index contributed by atoms with van der Waals surface area (Å²) in [6, 6.07) is 0. The van der Waals surface area contributed by atoms with Gasteiger partial charge in [-0.1, -0.05) is 54.4 Å². The summed E-state index contributed by atoms with van der Waals surface area (Å²) in [5.41, 5.74) is 0.565. The normalized spacial score (nSPS) is 46.5. The fourth-order valence-electron chi connectivity index (χ4n) is 7.74. The van der Waals surface area contributed by atoms with Gasteiger partial charge in [0.2, 0.25) is 0 Å². The lowest BCUT2D eigenvalue weighted by molar-refractivity contribution is -0.108. The molecule has 4 aliphatic rings. The van der Waals surface area contributed by atoms with Gasteiger partial charge in [-0.05, 0) is 98.7 Å². The van der Waals surface area contributed by atoms with Gasteiger partial charge in [-0.3, -0.25) is 0 Å². The predicted molar refractivity (Wildman–Crippen MR) is 114 cm³/mol. The van der Waals surface area contributed by atoms with Gasteiger partial charge in [0.15, 0.2) is 0 Å². The van der Waals surface area contributed by atoms with Crippen molar-refractivity contribution in [2.45, 2.75) is 118 Å². The van der Waals surface area contributed by atoms with E-state index in [-0.39, 0.29) is 6.10 Å². The van der Waals surface area contributed by atoms with Crippen LogP contribution in [0.15, 0.2) is 0 Å². The molecule has 1 heteroatoms. The Morgan fingerprint density at radius 2 is 1.46 bits per heavy atom. The summed E-state index contributed by atoms with van der Waals surface area (Å²) in [7, 11) is 0. The molecule has 0 saturated heterocycles. The van der Waals surface area contributed by atoms with Crippen LogP contribution in [0.1, 0.15) is 112 Å². The molecular weight excluding hydrogens is 316 g/mol. The van der Waals surface area contributed by atoms with Crippen LogP contribution >= 0.6 is 0 Å². The maximum atomic E-state index is 10.1. The first-order chi connectivity index (χ1) is 12.6. The summed E-state index contributed by atoms with van der Waals surface area (Å²) in [6.45, 7) is 13.0. The van der Waals surface area contributed by atoms with Crippen molar-refractivity contribution in [1.29, 1.82) is 0 Å². The van der Waals surface area contributed by atoms with E-state index in [4.69, 9.17) is 0 Å². The molecule has 0 aromatic carbocycles. The molecule has 154 valence electrons. The monoisotopic (exact) mass is 364 g/mol. The molecule has 26 heavy (non-hydrogen) atoms. The van der Waals surface area contributed by atoms with Crippen molar-refractivity contribution >= 4 is 0 Å². The zero-order valence-corrected chi connectivity index (χ0v) is 18.8. The zero-order chi connectivity index (χ0) is 19.3. The Morgan fingerprint density at radius 1 is 0.808 bits per heavy atom. The Bertz CT molecular complexity index is 405. The van der Waals surface area contributed by atoms with Crippen molar-refractivity contribution in [2.24, 2.45) is 40.9 Å². The number of aliphatic hydroxyl groups excluding tert-OH is 1. The van der Waals surface area contributed by atoms with Crippen LogP contribution in [0, 0.1) is 40.9 Å². The second-order valence-electron chi connectivity index (χ2n) is 9.51. The summed E-state index contributed by atoms with van der Waals surface area (Å²) in [4.78, 5) is 0. The molecule has 4 fully saturated rings. The van der Waals surface area contributed by atoms with Crippen LogP contribution in [0.25, 0.3) is 0 Å². The van der Waals surface area contributed by atoms with Crippen LogP contribution in [0.2, 0.25) is 0 Å². The third-order valence-electron chi connectivity index (χ3n) is 8.76. The maximum absolute atomic E-state index is 10.1. The molecule has 0 bridgehead atoms. The van der Waals surface area contributed by atoms with Crippen LogP contribution in [0.4, 0.5) is 0 Å². The third-order valence-corrected chi connectivity index (χ3v) is 8.76. The van der Waals surface area contributed by atoms with E-state index in [9.17, 15) is 5.11 Å². The van der Waals surface area contributed by atoms with Crippen molar-refractivity contribution in [3.63, 3.8) is 0 Å². The zero-order valence-electron chi connectivity index (χ0n) is 18.8. The van der Waals surface area contributed by atoms with Gasteiger partial charge in [-0.25, -0.2) is 0 Å². The minimum absolute atomic E-state index is 0.00591. The molecule has 8 unspecified atom stereocenters. The van der Waals surface area contributed by atoms with E-state index in [2.05, 4.69) is 13.8 Å². The number of aliphatic hydroxyl groups is 1. The molecule has 0 heterocycles. The van der Waals surface area contributed by atoms with Gasteiger partial charge in [-0.2, -0.15) is 0 Å². The fourth-order valence-corrected chi connectivity index (χ4v) is 7.74. The van der Waals surface area contributed by atoms with E-state index >= 15 is 0 Å². The summed E-state index contributed by atoms with van der Waals surface area (Å²) in [6.07, 6.45) is 15.4. The lowest BCUT2D eigenvalue weighted by Gasteiger charge is -2.59. The largest absolute Gasteiger partial charge is 0.393 e.